The van der Waals surface area contributed by atoms with Gasteiger partial charge < -0.3 is 10.1 Å². The summed E-state index contributed by atoms with van der Waals surface area (Å²) >= 11 is 1.50. The van der Waals surface area contributed by atoms with Crippen LogP contribution < -0.4 is 10.1 Å². The molecule has 0 aromatic carbocycles. The van der Waals surface area contributed by atoms with Gasteiger partial charge in [0, 0.05) is 18.1 Å². The van der Waals surface area contributed by atoms with Crippen molar-refractivity contribution in [3.63, 3.8) is 0 Å². The van der Waals surface area contributed by atoms with Crippen molar-refractivity contribution in [2.45, 2.75) is 26.4 Å². The lowest BCUT2D eigenvalue weighted by molar-refractivity contribution is -0.120. The van der Waals surface area contributed by atoms with Gasteiger partial charge in [-0.25, -0.2) is 4.98 Å². The molecule has 0 aliphatic carbocycles. The van der Waals surface area contributed by atoms with E-state index in [2.05, 4.69) is 15.3 Å². The number of ether oxygens (including phenoxy) is 1. The Morgan fingerprint density at radius 3 is 3.15 bits per heavy atom. The van der Waals surface area contributed by atoms with Gasteiger partial charge in [0.25, 0.3) is 0 Å². The fourth-order valence-corrected chi connectivity index (χ4v) is 2.27. The maximum atomic E-state index is 11.6. The van der Waals surface area contributed by atoms with E-state index in [0.717, 1.165) is 17.1 Å². The molecule has 1 N–H and O–H groups in total. The lowest BCUT2D eigenvalue weighted by Gasteiger charge is -2.02. The molecule has 0 radical (unpaired) electrons. The van der Waals surface area contributed by atoms with E-state index < -0.39 is 0 Å². The Balaban J connectivity index is 1.81. The molecule has 6 heteroatoms. The molecule has 1 amide bonds. The minimum absolute atomic E-state index is 0.0110. The van der Waals surface area contributed by atoms with E-state index in [0.29, 0.717) is 25.3 Å². The molecule has 0 saturated heterocycles. The zero-order valence-corrected chi connectivity index (χ0v) is 12.2. The van der Waals surface area contributed by atoms with E-state index in [-0.39, 0.29) is 5.91 Å². The lowest BCUT2D eigenvalue weighted by Crippen LogP contribution is -2.25. The maximum absolute atomic E-state index is 11.6. The minimum atomic E-state index is 0.0110. The molecule has 0 fully saturated rings. The van der Waals surface area contributed by atoms with Gasteiger partial charge in [-0.05, 0) is 18.6 Å². The Bertz CT molecular complexity index is 542. The van der Waals surface area contributed by atoms with Crippen LogP contribution in [0.25, 0.3) is 0 Å². The van der Waals surface area contributed by atoms with Crippen LogP contribution in [0.2, 0.25) is 0 Å². The third kappa shape index (κ3) is 4.62. The smallest absolute Gasteiger partial charge is 0.226 e. The number of carbonyl (C=O) groups is 1. The summed E-state index contributed by atoms with van der Waals surface area (Å²) in [6.07, 6.45) is 4.62. The molecular formula is C14H17N3O2S. The number of hydrogen-bond acceptors (Lipinski definition) is 5. The summed E-state index contributed by atoms with van der Waals surface area (Å²) in [7, 11) is 0. The zero-order valence-electron chi connectivity index (χ0n) is 11.3. The molecule has 0 aliphatic rings. The van der Waals surface area contributed by atoms with Gasteiger partial charge in [-0.3, -0.25) is 9.78 Å². The maximum Gasteiger partial charge on any atom is 0.226 e. The molecule has 0 spiro atoms. The Kier molecular flexibility index (Phi) is 5.49. The van der Waals surface area contributed by atoms with Crippen LogP contribution in [-0.2, 0) is 17.8 Å². The topological polar surface area (TPSA) is 64.1 Å². The Hall–Kier alpha value is -1.95. The van der Waals surface area contributed by atoms with Crippen LogP contribution in [0.5, 0.6) is 5.75 Å². The highest BCUT2D eigenvalue weighted by Gasteiger charge is 2.07. The molecule has 0 bridgehead atoms. The Labute approximate surface area is 122 Å². The average Bonchev–Trinajstić information content (AvgIpc) is 2.91. The number of rotatable bonds is 7. The Morgan fingerprint density at radius 2 is 2.40 bits per heavy atom. The van der Waals surface area contributed by atoms with Crippen molar-refractivity contribution < 1.29 is 9.53 Å². The fraction of sp³-hybridized carbons (Fsp3) is 0.357. The molecular weight excluding hydrogens is 274 g/mol. The summed E-state index contributed by atoms with van der Waals surface area (Å²) in [5.41, 5.74) is 0.786. The van der Waals surface area contributed by atoms with E-state index in [1.54, 1.807) is 12.4 Å². The highest BCUT2D eigenvalue weighted by Crippen LogP contribution is 2.14. The highest BCUT2D eigenvalue weighted by molar-refractivity contribution is 7.09. The highest BCUT2D eigenvalue weighted by atomic mass is 32.1. The van der Waals surface area contributed by atoms with Gasteiger partial charge in [0.15, 0.2) is 0 Å². The molecule has 2 rings (SSSR count). The fourth-order valence-electron chi connectivity index (χ4n) is 1.57. The molecule has 0 aliphatic heterocycles. The quantitative estimate of drug-likeness (QED) is 0.849. The van der Waals surface area contributed by atoms with Gasteiger partial charge >= 0.3 is 0 Å². The van der Waals surface area contributed by atoms with Gasteiger partial charge in [-0.2, -0.15) is 0 Å². The first kappa shape index (κ1) is 14.5. The Morgan fingerprint density at radius 1 is 1.50 bits per heavy atom. The van der Waals surface area contributed by atoms with E-state index in [9.17, 15) is 4.79 Å². The summed E-state index contributed by atoms with van der Waals surface area (Å²) in [5, 5.41) is 5.58. The summed E-state index contributed by atoms with van der Waals surface area (Å²) in [4.78, 5) is 19.9. The first-order chi connectivity index (χ1) is 9.78. The number of pyridine rings is 1. The van der Waals surface area contributed by atoms with Crippen molar-refractivity contribution in [3.8, 4) is 5.75 Å². The summed E-state index contributed by atoms with van der Waals surface area (Å²) in [6, 6.07) is 3.67. The van der Waals surface area contributed by atoms with Crippen LogP contribution in [0, 0.1) is 0 Å². The third-order valence-electron chi connectivity index (χ3n) is 2.51. The van der Waals surface area contributed by atoms with E-state index in [1.165, 1.54) is 11.3 Å². The van der Waals surface area contributed by atoms with Crippen LogP contribution in [0.15, 0.2) is 29.9 Å². The molecule has 20 heavy (non-hydrogen) atoms. The predicted molar refractivity (Wildman–Crippen MR) is 77.7 cm³/mol. The molecule has 2 heterocycles. The molecule has 5 nitrogen and oxygen atoms in total. The van der Waals surface area contributed by atoms with Crippen molar-refractivity contribution in [1.82, 2.24) is 15.3 Å². The van der Waals surface area contributed by atoms with Crippen molar-refractivity contribution in [2.24, 2.45) is 0 Å². The molecule has 0 unspecified atom stereocenters. The standard InChI is InChI=1S/C14H17N3O2S/c1-2-5-16-13(18)7-11-10-20-14(17-11)9-19-12-4-3-6-15-8-12/h3-4,6,8,10H,2,5,7,9H2,1H3,(H,16,18). The monoisotopic (exact) mass is 291 g/mol. The summed E-state index contributed by atoms with van der Waals surface area (Å²) in [6.45, 7) is 3.13. The number of thiazole rings is 1. The van der Waals surface area contributed by atoms with Crippen LogP contribution in [0.4, 0.5) is 0 Å². The molecule has 0 atom stereocenters. The molecule has 0 saturated carbocycles. The summed E-state index contributed by atoms with van der Waals surface area (Å²) < 4.78 is 5.56. The number of aromatic nitrogens is 2. The number of amides is 1. The average molecular weight is 291 g/mol. The normalized spacial score (nSPS) is 10.2. The van der Waals surface area contributed by atoms with Gasteiger partial charge in [0.2, 0.25) is 5.91 Å². The van der Waals surface area contributed by atoms with Crippen LogP contribution in [-0.4, -0.2) is 22.4 Å². The van der Waals surface area contributed by atoms with Crippen molar-refractivity contribution >= 4 is 17.2 Å². The minimum Gasteiger partial charge on any atom is -0.485 e. The second-order valence-electron chi connectivity index (χ2n) is 4.24. The third-order valence-corrected chi connectivity index (χ3v) is 3.38. The number of nitrogens with one attached hydrogen (secondary N) is 1. The SMILES string of the molecule is CCCNC(=O)Cc1csc(COc2cccnc2)n1. The van der Waals surface area contributed by atoms with Crippen LogP contribution >= 0.6 is 11.3 Å². The first-order valence-corrected chi connectivity index (χ1v) is 7.38. The van der Waals surface area contributed by atoms with Crippen molar-refractivity contribution in [3.05, 3.63) is 40.6 Å². The zero-order chi connectivity index (χ0) is 14.2. The van der Waals surface area contributed by atoms with Gasteiger partial charge in [-0.1, -0.05) is 6.92 Å². The van der Waals surface area contributed by atoms with Crippen LogP contribution in [0.1, 0.15) is 24.0 Å². The number of carbonyl (C=O) groups excluding carboxylic acids is 1. The van der Waals surface area contributed by atoms with E-state index >= 15 is 0 Å². The number of hydrogen-bond donors (Lipinski definition) is 1. The first-order valence-electron chi connectivity index (χ1n) is 6.50. The second-order valence-corrected chi connectivity index (χ2v) is 5.18. The second kappa shape index (κ2) is 7.59. The van der Waals surface area contributed by atoms with Gasteiger partial charge in [0.1, 0.15) is 17.4 Å². The van der Waals surface area contributed by atoms with Crippen molar-refractivity contribution in [1.29, 1.82) is 0 Å². The predicted octanol–water partition coefficient (Wildman–Crippen LogP) is 2.19. The van der Waals surface area contributed by atoms with Gasteiger partial charge in [0.05, 0.1) is 18.3 Å². The largest absolute Gasteiger partial charge is 0.485 e. The molecule has 2 aromatic heterocycles. The molecule has 2 aromatic rings. The number of nitrogens with zero attached hydrogens (tertiary/aromatic N) is 2. The van der Waals surface area contributed by atoms with Crippen LogP contribution in [0.3, 0.4) is 0 Å². The van der Waals surface area contributed by atoms with E-state index in [4.69, 9.17) is 4.74 Å². The van der Waals surface area contributed by atoms with Crippen molar-refractivity contribution in [2.75, 3.05) is 6.54 Å². The van der Waals surface area contributed by atoms with Gasteiger partial charge in [-0.15, -0.1) is 11.3 Å². The molecule has 106 valence electrons. The lowest BCUT2D eigenvalue weighted by atomic mass is 10.3. The van der Waals surface area contributed by atoms with E-state index in [1.807, 2.05) is 24.4 Å². The summed E-state index contributed by atoms with van der Waals surface area (Å²) in [5.74, 6) is 0.724.